The van der Waals surface area contributed by atoms with E-state index in [2.05, 4.69) is 11.9 Å². The summed E-state index contributed by atoms with van der Waals surface area (Å²) in [5.74, 6) is -0.860. The molecule has 23 heavy (non-hydrogen) atoms. The van der Waals surface area contributed by atoms with Gasteiger partial charge in [-0.15, -0.1) is 0 Å². The molecule has 2 aliphatic rings. The smallest absolute Gasteiger partial charge is 0.316 e. The number of hydrogen-bond acceptors (Lipinski definition) is 4. The first-order valence-corrected chi connectivity index (χ1v) is 8.60. The summed E-state index contributed by atoms with van der Waals surface area (Å²) in [6.45, 7) is 3.80. The highest BCUT2D eigenvalue weighted by Gasteiger charge is 2.40. The third-order valence-corrected chi connectivity index (χ3v) is 5.61. The van der Waals surface area contributed by atoms with Crippen LogP contribution in [0.3, 0.4) is 0 Å². The summed E-state index contributed by atoms with van der Waals surface area (Å²) in [5, 5.41) is 9.72. The molecule has 0 saturated carbocycles. The Bertz CT molecular complexity index is 572. The lowest BCUT2D eigenvalue weighted by Crippen LogP contribution is -2.43. The van der Waals surface area contributed by atoms with Gasteiger partial charge in [-0.2, -0.15) is 0 Å². The highest BCUT2D eigenvalue weighted by Crippen LogP contribution is 2.36. The fourth-order valence-electron chi connectivity index (χ4n) is 4.22. The van der Waals surface area contributed by atoms with Crippen molar-refractivity contribution in [2.45, 2.75) is 63.6 Å². The molecule has 3 rings (SSSR count). The van der Waals surface area contributed by atoms with Crippen molar-refractivity contribution in [2.24, 2.45) is 0 Å². The van der Waals surface area contributed by atoms with Crippen LogP contribution in [0.1, 0.15) is 48.3 Å². The summed E-state index contributed by atoms with van der Waals surface area (Å²) in [5.41, 5.74) is 3.06. The van der Waals surface area contributed by atoms with Gasteiger partial charge in [-0.3, -0.25) is 4.79 Å². The molecule has 1 aromatic rings. The second kappa shape index (κ2) is 6.62. The minimum Gasteiger partial charge on any atom is -0.462 e. The second-order valence-electron chi connectivity index (χ2n) is 7.18. The van der Waals surface area contributed by atoms with Crippen LogP contribution in [0.5, 0.6) is 0 Å². The molecule has 1 N–H and O–H groups in total. The number of ether oxygens (including phenoxy) is 1. The molecule has 0 spiro atoms. The molecule has 1 aromatic carbocycles. The Hall–Kier alpha value is -1.39. The maximum atomic E-state index is 12.6. The van der Waals surface area contributed by atoms with E-state index < -0.39 is 5.92 Å². The highest BCUT2D eigenvalue weighted by molar-refractivity contribution is 5.79. The van der Waals surface area contributed by atoms with Gasteiger partial charge in [0, 0.05) is 12.1 Å². The molecule has 2 bridgehead atoms. The standard InChI is InChI=1S/C19H27NO3/c1-12-4-7-17(13(2)8-12)18(11-21)19(22)23-16-9-14-5-6-15(10-16)20(14)3/h4,7-8,14-16,18,21H,5-6,9-11H2,1-3H3. The second-order valence-corrected chi connectivity index (χ2v) is 7.18. The van der Waals surface area contributed by atoms with Crippen molar-refractivity contribution in [1.82, 2.24) is 4.90 Å². The topological polar surface area (TPSA) is 49.8 Å². The molecule has 0 amide bonds. The molecule has 3 atom stereocenters. The zero-order valence-electron chi connectivity index (χ0n) is 14.3. The number of rotatable bonds is 4. The van der Waals surface area contributed by atoms with E-state index in [1.165, 1.54) is 12.8 Å². The van der Waals surface area contributed by atoms with Gasteiger partial charge in [-0.25, -0.2) is 0 Å². The Morgan fingerprint density at radius 3 is 2.52 bits per heavy atom. The highest BCUT2D eigenvalue weighted by atomic mass is 16.5. The number of aliphatic hydroxyl groups is 1. The van der Waals surface area contributed by atoms with Crippen LogP contribution in [0.4, 0.5) is 0 Å². The zero-order valence-corrected chi connectivity index (χ0v) is 14.3. The molecule has 2 fully saturated rings. The first-order chi connectivity index (χ1) is 11.0. The maximum absolute atomic E-state index is 12.6. The van der Waals surface area contributed by atoms with Gasteiger partial charge in [0.2, 0.25) is 0 Å². The fraction of sp³-hybridized carbons (Fsp3) is 0.632. The van der Waals surface area contributed by atoms with E-state index in [1.54, 1.807) is 0 Å². The van der Waals surface area contributed by atoms with Gasteiger partial charge in [-0.05, 0) is 57.7 Å². The quantitative estimate of drug-likeness (QED) is 0.867. The van der Waals surface area contributed by atoms with Crippen molar-refractivity contribution in [3.8, 4) is 0 Å². The molecule has 0 aromatic heterocycles. The van der Waals surface area contributed by atoms with E-state index in [0.29, 0.717) is 12.1 Å². The molecular formula is C19H27NO3. The number of piperidine rings is 1. The normalized spacial score (nSPS) is 28.6. The third-order valence-electron chi connectivity index (χ3n) is 5.61. The lowest BCUT2D eigenvalue weighted by Gasteiger charge is -2.36. The number of nitrogens with zero attached hydrogens (tertiary/aromatic N) is 1. The van der Waals surface area contributed by atoms with E-state index in [-0.39, 0.29) is 18.7 Å². The number of benzene rings is 1. The van der Waals surface area contributed by atoms with Crippen LogP contribution < -0.4 is 0 Å². The van der Waals surface area contributed by atoms with Crippen molar-refractivity contribution in [1.29, 1.82) is 0 Å². The number of carbonyl (C=O) groups excluding carboxylic acids is 1. The number of carbonyl (C=O) groups is 1. The Morgan fingerprint density at radius 2 is 1.96 bits per heavy atom. The average Bonchev–Trinajstić information content (AvgIpc) is 2.72. The van der Waals surface area contributed by atoms with Crippen molar-refractivity contribution in [3.63, 3.8) is 0 Å². The van der Waals surface area contributed by atoms with Crippen LogP contribution in [0.15, 0.2) is 18.2 Å². The molecule has 126 valence electrons. The van der Waals surface area contributed by atoms with Crippen LogP contribution in [0.2, 0.25) is 0 Å². The van der Waals surface area contributed by atoms with Crippen molar-refractivity contribution >= 4 is 5.97 Å². The molecule has 0 aliphatic carbocycles. The van der Waals surface area contributed by atoms with Gasteiger partial charge in [-0.1, -0.05) is 23.8 Å². The van der Waals surface area contributed by atoms with Crippen molar-refractivity contribution < 1.29 is 14.6 Å². The van der Waals surface area contributed by atoms with Gasteiger partial charge < -0.3 is 14.7 Å². The lowest BCUT2D eigenvalue weighted by molar-refractivity contribution is -0.155. The van der Waals surface area contributed by atoms with Crippen LogP contribution >= 0.6 is 0 Å². The fourth-order valence-corrected chi connectivity index (χ4v) is 4.22. The van der Waals surface area contributed by atoms with Gasteiger partial charge in [0.25, 0.3) is 0 Å². The number of hydrogen-bond donors (Lipinski definition) is 1. The largest absolute Gasteiger partial charge is 0.462 e. The Balaban J connectivity index is 1.69. The van der Waals surface area contributed by atoms with Crippen LogP contribution in [-0.2, 0) is 9.53 Å². The Kier molecular flexibility index (Phi) is 4.74. The number of aryl methyl sites for hydroxylation is 2. The first kappa shape index (κ1) is 16.5. The first-order valence-electron chi connectivity index (χ1n) is 8.60. The predicted molar refractivity (Wildman–Crippen MR) is 89.4 cm³/mol. The minimum atomic E-state index is -0.576. The number of esters is 1. The van der Waals surface area contributed by atoms with Crippen molar-refractivity contribution in [2.75, 3.05) is 13.7 Å². The van der Waals surface area contributed by atoms with E-state index in [9.17, 15) is 9.90 Å². The maximum Gasteiger partial charge on any atom is 0.316 e. The van der Waals surface area contributed by atoms with Gasteiger partial charge in [0.1, 0.15) is 12.0 Å². The third kappa shape index (κ3) is 3.29. The van der Waals surface area contributed by atoms with Gasteiger partial charge in [0.15, 0.2) is 0 Å². The van der Waals surface area contributed by atoms with E-state index in [0.717, 1.165) is 29.5 Å². The SMILES string of the molecule is Cc1ccc(C(CO)C(=O)OC2CC3CCC(C2)N3C)c(C)c1. The minimum absolute atomic E-state index is 0.00370. The Morgan fingerprint density at radius 1 is 1.30 bits per heavy atom. The van der Waals surface area contributed by atoms with E-state index in [1.807, 2.05) is 32.0 Å². The van der Waals surface area contributed by atoms with Gasteiger partial charge in [0.05, 0.1) is 6.61 Å². The molecule has 2 heterocycles. The van der Waals surface area contributed by atoms with E-state index in [4.69, 9.17) is 4.74 Å². The number of fused-ring (bicyclic) bond motifs is 2. The molecular weight excluding hydrogens is 290 g/mol. The summed E-state index contributed by atoms with van der Waals surface area (Å²) in [7, 11) is 2.17. The monoisotopic (exact) mass is 317 g/mol. The number of aliphatic hydroxyl groups excluding tert-OH is 1. The average molecular weight is 317 g/mol. The molecule has 4 nitrogen and oxygen atoms in total. The summed E-state index contributed by atoms with van der Waals surface area (Å²) in [6.07, 6.45) is 4.25. The summed E-state index contributed by atoms with van der Waals surface area (Å²) in [4.78, 5) is 15.0. The summed E-state index contributed by atoms with van der Waals surface area (Å²) < 4.78 is 5.79. The van der Waals surface area contributed by atoms with Gasteiger partial charge >= 0.3 is 5.97 Å². The molecule has 4 heteroatoms. The van der Waals surface area contributed by atoms with E-state index >= 15 is 0 Å². The van der Waals surface area contributed by atoms with Crippen LogP contribution in [0, 0.1) is 13.8 Å². The zero-order chi connectivity index (χ0) is 16.6. The van der Waals surface area contributed by atoms with Crippen molar-refractivity contribution in [3.05, 3.63) is 34.9 Å². The molecule has 2 saturated heterocycles. The molecule has 3 unspecified atom stereocenters. The molecule has 0 radical (unpaired) electrons. The van der Waals surface area contributed by atoms with Crippen LogP contribution in [-0.4, -0.2) is 47.8 Å². The Labute approximate surface area is 138 Å². The predicted octanol–water partition coefficient (Wildman–Crippen LogP) is 2.55. The summed E-state index contributed by atoms with van der Waals surface area (Å²) in [6, 6.07) is 7.04. The van der Waals surface area contributed by atoms with Crippen LogP contribution in [0.25, 0.3) is 0 Å². The lowest BCUT2D eigenvalue weighted by atomic mass is 9.93. The summed E-state index contributed by atoms with van der Waals surface area (Å²) >= 11 is 0. The molecule has 2 aliphatic heterocycles.